The van der Waals surface area contributed by atoms with E-state index in [1.165, 1.54) is 22.9 Å². The van der Waals surface area contributed by atoms with Gasteiger partial charge in [-0.3, -0.25) is 4.40 Å². The molecule has 142 valence electrons. The van der Waals surface area contributed by atoms with Crippen LogP contribution in [0.3, 0.4) is 0 Å². The van der Waals surface area contributed by atoms with Crippen molar-refractivity contribution in [2.24, 2.45) is 0 Å². The van der Waals surface area contributed by atoms with E-state index in [0.717, 1.165) is 12.3 Å². The number of aliphatic hydroxyl groups is 2. The molecule has 0 spiro atoms. The zero-order chi connectivity index (χ0) is 19.2. The number of nitrogens with zero attached hydrogens (tertiary/aromatic N) is 5. The lowest BCUT2D eigenvalue weighted by Crippen LogP contribution is -2.46. The van der Waals surface area contributed by atoms with E-state index in [4.69, 9.17) is 0 Å². The number of hydrogen-bond donors (Lipinski definition) is 2. The maximum Gasteiger partial charge on any atom is 0.417 e. The monoisotopic (exact) mass is 379 g/mol. The number of hydrogen-bond acceptors (Lipinski definition) is 6. The van der Waals surface area contributed by atoms with Gasteiger partial charge < -0.3 is 15.1 Å². The molecule has 10 heteroatoms. The summed E-state index contributed by atoms with van der Waals surface area (Å²) in [6.45, 7) is 0.609. The van der Waals surface area contributed by atoms with Crippen molar-refractivity contribution in [3.05, 3.63) is 42.4 Å². The summed E-state index contributed by atoms with van der Waals surface area (Å²) in [5, 5.41) is 19.7. The smallest absolute Gasteiger partial charge is 0.391 e. The largest absolute Gasteiger partial charge is 0.417 e. The summed E-state index contributed by atoms with van der Waals surface area (Å²) in [5.74, 6) is 0.675. The SMILES string of the molecule is O[C@@H]1C[C@H](O)CN(c2ccnc(-c3cnc4ccc(C(F)(F)F)cn34)n2)C1. The number of pyridine rings is 1. The number of fused-ring (bicyclic) bond motifs is 1. The van der Waals surface area contributed by atoms with Gasteiger partial charge in [0.15, 0.2) is 5.82 Å². The highest BCUT2D eigenvalue weighted by Crippen LogP contribution is 2.30. The molecule has 0 aromatic carbocycles. The van der Waals surface area contributed by atoms with Crippen molar-refractivity contribution in [1.29, 1.82) is 0 Å². The van der Waals surface area contributed by atoms with Gasteiger partial charge in [-0.05, 0) is 18.2 Å². The van der Waals surface area contributed by atoms with Crippen molar-refractivity contribution < 1.29 is 23.4 Å². The molecular formula is C17H16F3N5O2. The molecule has 4 rings (SSSR count). The predicted octanol–water partition coefficient (Wildman–Crippen LogP) is 1.74. The zero-order valence-corrected chi connectivity index (χ0v) is 14.0. The Balaban J connectivity index is 1.74. The topological polar surface area (TPSA) is 86.8 Å². The van der Waals surface area contributed by atoms with Crippen LogP contribution in [0.2, 0.25) is 0 Å². The molecule has 0 unspecified atom stereocenters. The molecule has 27 heavy (non-hydrogen) atoms. The van der Waals surface area contributed by atoms with Gasteiger partial charge in [0.2, 0.25) is 0 Å². The minimum Gasteiger partial charge on any atom is -0.391 e. The maximum absolute atomic E-state index is 13.0. The van der Waals surface area contributed by atoms with Crippen LogP contribution in [0.15, 0.2) is 36.8 Å². The molecule has 2 N–H and O–H groups in total. The fourth-order valence-corrected chi connectivity index (χ4v) is 3.20. The number of aromatic nitrogens is 4. The van der Waals surface area contributed by atoms with Gasteiger partial charge in [-0.2, -0.15) is 13.2 Å². The quantitative estimate of drug-likeness (QED) is 0.706. The minimum atomic E-state index is -4.47. The highest BCUT2D eigenvalue weighted by atomic mass is 19.4. The van der Waals surface area contributed by atoms with Gasteiger partial charge >= 0.3 is 6.18 Å². The molecule has 0 amide bonds. The number of imidazole rings is 1. The van der Waals surface area contributed by atoms with Crippen molar-refractivity contribution in [3.8, 4) is 11.5 Å². The van der Waals surface area contributed by atoms with Crippen LogP contribution in [0.4, 0.5) is 19.0 Å². The average molecular weight is 379 g/mol. The third-order valence-electron chi connectivity index (χ3n) is 4.43. The second kappa shape index (κ2) is 6.46. The van der Waals surface area contributed by atoms with E-state index in [2.05, 4.69) is 15.0 Å². The van der Waals surface area contributed by atoms with Crippen LogP contribution in [-0.2, 0) is 6.18 Å². The van der Waals surface area contributed by atoms with Crippen molar-refractivity contribution in [1.82, 2.24) is 19.4 Å². The number of piperidine rings is 1. The molecule has 0 radical (unpaired) electrons. The Hall–Kier alpha value is -2.72. The predicted molar refractivity (Wildman–Crippen MR) is 90.1 cm³/mol. The van der Waals surface area contributed by atoms with Crippen molar-refractivity contribution >= 4 is 11.5 Å². The number of halogens is 3. The van der Waals surface area contributed by atoms with Crippen LogP contribution in [0.25, 0.3) is 17.2 Å². The normalized spacial score (nSPS) is 21.0. The Kier molecular flexibility index (Phi) is 4.23. The summed E-state index contributed by atoms with van der Waals surface area (Å²) in [4.78, 5) is 14.4. The van der Waals surface area contributed by atoms with Crippen LogP contribution in [0.1, 0.15) is 12.0 Å². The fourth-order valence-electron chi connectivity index (χ4n) is 3.20. The molecule has 0 aliphatic carbocycles. The first-order valence-corrected chi connectivity index (χ1v) is 8.30. The highest BCUT2D eigenvalue weighted by Gasteiger charge is 2.31. The van der Waals surface area contributed by atoms with E-state index < -0.39 is 23.9 Å². The summed E-state index contributed by atoms with van der Waals surface area (Å²) >= 11 is 0. The first kappa shape index (κ1) is 17.7. The number of anilines is 1. The van der Waals surface area contributed by atoms with Gasteiger partial charge in [0.25, 0.3) is 0 Å². The molecule has 1 saturated heterocycles. The molecule has 0 saturated carbocycles. The molecule has 1 aliphatic rings. The number of rotatable bonds is 2. The summed E-state index contributed by atoms with van der Waals surface area (Å²) in [6.07, 6.45) is -1.69. The van der Waals surface area contributed by atoms with Crippen LogP contribution >= 0.6 is 0 Å². The molecule has 1 fully saturated rings. The van der Waals surface area contributed by atoms with Gasteiger partial charge in [0.05, 0.1) is 24.0 Å². The van der Waals surface area contributed by atoms with Crippen molar-refractivity contribution in [2.75, 3.05) is 18.0 Å². The first-order chi connectivity index (χ1) is 12.8. The Morgan fingerprint density at radius 2 is 1.78 bits per heavy atom. The molecule has 0 bridgehead atoms. The third kappa shape index (κ3) is 3.45. The standard InChI is InChI=1S/C17H16F3N5O2/c18-17(19,20)10-1-2-14-22-6-13(25(14)7-10)16-21-4-3-15(23-16)24-8-11(26)5-12(27)9-24/h1-4,6-7,11-12,26-27H,5,8-9H2/t11-,12+. The molecular weight excluding hydrogens is 363 g/mol. The number of β-amino-alcohol motifs (C(OH)–C–C–N with tert-alkyl or cyclic N) is 2. The summed E-state index contributed by atoms with van der Waals surface area (Å²) < 4.78 is 40.3. The second-order valence-electron chi connectivity index (χ2n) is 6.47. The molecule has 7 nitrogen and oxygen atoms in total. The van der Waals surface area contributed by atoms with E-state index in [0.29, 0.717) is 36.7 Å². The minimum absolute atomic E-state index is 0.203. The van der Waals surface area contributed by atoms with Gasteiger partial charge in [-0.1, -0.05) is 0 Å². The zero-order valence-electron chi connectivity index (χ0n) is 14.0. The molecule has 3 aromatic rings. The Morgan fingerprint density at radius 1 is 1.04 bits per heavy atom. The van der Waals surface area contributed by atoms with Crippen LogP contribution in [0, 0.1) is 0 Å². The van der Waals surface area contributed by atoms with Gasteiger partial charge in [-0.25, -0.2) is 15.0 Å². The van der Waals surface area contributed by atoms with Gasteiger partial charge in [0, 0.05) is 31.9 Å². The summed E-state index contributed by atoms with van der Waals surface area (Å²) in [6, 6.07) is 3.88. The highest BCUT2D eigenvalue weighted by molar-refractivity contribution is 5.59. The van der Waals surface area contributed by atoms with E-state index in [1.807, 2.05) is 0 Å². The lowest BCUT2D eigenvalue weighted by Gasteiger charge is -2.34. The average Bonchev–Trinajstić information content (AvgIpc) is 3.03. The van der Waals surface area contributed by atoms with Crippen LogP contribution < -0.4 is 4.90 Å². The molecule has 3 aromatic heterocycles. The first-order valence-electron chi connectivity index (χ1n) is 8.30. The lowest BCUT2D eigenvalue weighted by atomic mass is 10.1. The molecule has 2 atom stereocenters. The number of aliphatic hydroxyl groups excluding tert-OH is 2. The van der Waals surface area contributed by atoms with E-state index >= 15 is 0 Å². The summed E-state index contributed by atoms with van der Waals surface area (Å²) in [7, 11) is 0. The van der Waals surface area contributed by atoms with Crippen LogP contribution in [-0.4, -0.2) is 54.9 Å². The molecule has 1 aliphatic heterocycles. The van der Waals surface area contributed by atoms with Gasteiger partial charge in [-0.15, -0.1) is 0 Å². The van der Waals surface area contributed by atoms with Crippen molar-refractivity contribution in [2.45, 2.75) is 24.8 Å². The van der Waals surface area contributed by atoms with E-state index in [9.17, 15) is 23.4 Å². The van der Waals surface area contributed by atoms with E-state index in [1.54, 1.807) is 11.0 Å². The third-order valence-corrected chi connectivity index (χ3v) is 4.43. The second-order valence-corrected chi connectivity index (χ2v) is 6.47. The molecule has 4 heterocycles. The van der Waals surface area contributed by atoms with Crippen molar-refractivity contribution in [3.63, 3.8) is 0 Å². The summed E-state index contributed by atoms with van der Waals surface area (Å²) in [5.41, 5.74) is -0.139. The van der Waals surface area contributed by atoms with Gasteiger partial charge in [0.1, 0.15) is 17.2 Å². The van der Waals surface area contributed by atoms with Crippen LogP contribution in [0.5, 0.6) is 0 Å². The maximum atomic E-state index is 13.0. The number of alkyl halides is 3. The lowest BCUT2D eigenvalue weighted by molar-refractivity contribution is -0.137. The Bertz CT molecular complexity index is 965. The Morgan fingerprint density at radius 3 is 2.48 bits per heavy atom. The Labute approximate surface area is 151 Å². The van der Waals surface area contributed by atoms with E-state index in [-0.39, 0.29) is 5.82 Å². The fraction of sp³-hybridized carbons (Fsp3) is 0.353.